The van der Waals surface area contributed by atoms with Crippen LogP contribution in [0.2, 0.25) is 0 Å². The molecule has 0 aliphatic rings. The van der Waals surface area contributed by atoms with Gasteiger partial charge in [0.15, 0.2) is 12.6 Å². The third kappa shape index (κ3) is 62.0. The molecule has 0 aromatic rings. The molecule has 0 spiro atoms. The van der Waals surface area contributed by atoms with E-state index in [2.05, 4.69) is 0 Å². The molecular formula is C2H5NO2. The highest BCUT2D eigenvalue weighted by Gasteiger charge is 1.47. The normalized spacial score (nSPS) is 4.00. The molecule has 3 N–H and O–H groups in total. The Morgan fingerprint density at radius 3 is 1.20 bits per heavy atom. The third-order valence-corrected chi connectivity index (χ3v) is 0.0556. The molecule has 0 atom stereocenters. The van der Waals surface area contributed by atoms with Crippen LogP contribution in [0.25, 0.3) is 0 Å². The van der Waals surface area contributed by atoms with Gasteiger partial charge in [0.2, 0.25) is 0 Å². The molecule has 5 heavy (non-hydrogen) atoms. The highest BCUT2D eigenvalue weighted by molar-refractivity contribution is 6.09. The number of carbonyl (C=O) groups excluding carboxylic acids is 2. The molecule has 0 aromatic heterocycles. The summed E-state index contributed by atoms with van der Waals surface area (Å²) in [5.74, 6) is 0. The van der Waals surface area contributed by atoms with Gasteiger partial charge in [-0.2, -0.15) is 0 Å². The second kappa shape index (κ2) is 10.3. The van der Waals surface area contributed by atoms with Crippen LogP contribution >= 0.6 is 0 Å². The third-order valence-electron chi connectivity index (χ3n) is 0.0556. The van der Waals surface area contributed by atoms with Crippen molar-refractivity contribution in [2.45, 2.75) is 0 Å². The second-order valence-electron chi connectivity index (χ2n) is 0.272. The van der Waals surface area contributed by atoms with Crippen LogP contribution in [0, 0.1) is 0 Å². The lowest BCUT2D eigenvalue weighted by molar-refractivity contribution is -0.122. The lowest BCUT2D eigenvalue weighted by atomic mass is 10.9. The van der Waals surface area contributed by atoms with Gasteiger partial charge in [-0.05, 0) is 0 Å². The van der Waals surface area contributed by atoms with E-state index in [1.165, 1.54) is 0 Å². The van der Waals surface area contributed by atoms with Crippen molar-refractivity contribution in [3.05, 3.63) is 0 Å². The molecular weight excluding hydrogens is 70.0 g/mol. The average molecular weight is 75.1 g/mol. The average Bonchev–Trinajstić information content (AvgIpc) is 1.37. The van der Waals surface area contributed by atoms with Gasteiger partial charge < -0.3 is 6.15 Å². The van der Waals surface area contributed by atoms with Crippen LogP contribution in [0.4, 0.5) is 0 Å². The van der Waals surface area contributed by atoms with Gasteiger partial charge in [-0.1, -0.05) is 0 Å². The van der Waals surface area contributed by atoms with Crippen LogP contribution < -0.4 is 6.15 Å². The standard InChI is InChI=1S/C2H2O2.H3N/c3-1-2-4;/h1-2H;1H3. The Morgan fingerprint density at radius 1 is 1.00 bits per heavy atom. The fraction of sp³-hybridized carbons (Fsp3) is 0. The molecule has 0 aliphatic heterocycles. The smallest absolute Gasteiger partial charge is 0.182 e. The Hall–Kier alpha value is -0.700. The van der Waals surface area contributed by atoms with Crippen molar-refractivity contribution >= 4 is 12.6 Å². The zero-order valence-electron chi connectivity index (χ0n) is 2.68. The van der Waals surface area contributed by atoms with Gasteiger partial charge >= 0.3 is 0 Å². The molecule has 0 amide bonds. The SMILES string of the molecule is N.O=CC=O. The Kier molecular flexibility index (Phi) is 18.3. The summed E-state index contributed by atoms with van der Waals surface area (Å²) in [6, 6.07) is 0. The van der Waals surface area contributed by atoms with E-state index >= 15 is 0 Å². The summed E-state index contributed by atoms with van der Waals surface area (Å²) in [6.07, 6.45) is 0.389. The first-order chi connectivity index (χ1) is 1.91. The molecule has 0 heterocycles. The largest absolute Gasteiger partial charge is 0.344 e. The van der Waals surface area contributed by atoms with Gasteiger partial charge in [0.05, 0.1) is 0 Å². The molecule has 0 bridgehead atoms. The molecule has 0 saturated heterocycles. The number of hydrogen-bond donors (Lipinski definition) is 1. The predicted molar refractivity (Wildman–Crippen MR) is 17.2 cm³/mol. The summed E-state index contributed by atoms with van der Waals surface area (Å²) in [6.45, 7) is 0. The van der Waals surface area contributed by atoms with Gasteiger partial charge in [0, 0.05) is 0 Å². The zero-order chi connectivity index (χ0) is 3.41. The van der Waals surface area contributed by atoms with E-state index in [9.17, 15) is 0 Å². The van der Waals surface area contributed by atoms with Crippen LogP contribution in [0.15, 0.2) is 0 Å². The molecule has 0 fully saturated rings. The van der Waals surface area contributed by atoms with Gasteiger partial charge in [-0.3, -0.25) is 9.59 Å². The minimum Gasteiger partial charge on any atom is -0.344 e. The maximum atomic E-state index is 8.81. The van der Waals surface area contributed by atoms with E-state index in [0.717, 1.165) is 0 Å². The summed E-state index contributed by atoms with van der Waals surface area (Å²) in [5.41, 5.74) is 0. The number of carbonyl (C=O) groups is 2. The van der Waals surface area contributed by atoms with Gasteiger partial charge in [-0.15, -0.1) is 0 Å². The van der Waals surface area contributed by atoms with Crippen molar-refractivity contribution in [2.24, 2.45) is 0 Å². The van der Waals surface area contributed by atoms with E-state index in [1.54, 1.807) is 0 Å². The van der Waals surface area contributed by atoms with Gasteiger partial charge in [-0.25, -0.2) is 0 Å². The van der Waals surface area contributed by atoms with Crippen molar-refractivity contribution in [3.63, 3.8) is 0 Å². The summed E-state index contributed by atoms with van der Waals surface area (Å²) in [7, 11) is 0. The predicted octanol–water partition coefficient (Wildman–Crippen LogP) is -0.454. The van der Waals surface area contributed by atoms with Crippen LogP contribution in [0.1, 0.15) is 0 Å². The van der Waals surface area contributed by atoms with Crippen LogP contribution in [-0.4, -0.2) is 12.6 Å². The van der Waals surface area contributed by atoms with Gasteiger partial charge in [0.1, 0.15) is 0 Å². The van der Waals surface area contributed by atoms with Crippen LogP contribution in [-0.2, 0) is 9.59 Å². The molecule has 0 unspecified atom stereocenters. The van der Waals surface area contributed by atoms with Crippen molar-refractivity contribution in [3.8, 4) is 0 Å². The lowest BCUT2D eigenvalue weighted by Gasteiger charge is -1.31. The molecule has 0 aromatic carbocycles. The lowest BCUT2D eigenvalue weighted by Crippen LogP contribution is -1.62. The summed E-state index contributed by atoms with van der Waals surface area (Å²) in [5, 5.41) is 0. The second-order valence-corrected chi connectivity index (χ2v) is 0.272. The maximum Gasteiger partial charge on any atom is 0.182 e. The minimum atomic E-state index is 0. The Balaban J connectivity index is 0. The van der Waals surface area contributed by atoms with Gasteiger partial charge in [0.25, 0.3) is 0 Å². The topological polar surface area (TPSA) is 69.1 Å². The zero-order valence-corrected chi connectivity index (χ0v) is 2.68. The first kappa shape index (κ1) is 8.85. The molecule has 3 heteroatoms. The van der Waals surface area contributed by atoms with Crippen LogP contribution in [0.5, 0.6) is 0 Å². The van der Waals surface area contributed by atoms with E-state index < -0.39 is 0 Å². The van der Waals surface area contributed by atoms with E-state index in [-0.39, 0.29) is 18.7 Å². The Morgan fingerprint density at radius 2 is 1.20 bits per heavy atom. The quantitative estimate of drug-likeness (QED) is 0.339. The molecule has 0 saturated carbocycles. The van der Waals surface area contributed by atoms with E-state index in [0.29, 0.717) is 0 Å². The summed E-state index contributed by atoms with van der Waals surface area (Å²) in [4.78, 5) is 17.6. The highest BCUT2D eigenvalue weighted by Crippen LogP contribution is 1.12. The Bertz CT molecular complexity index is 28.6. The van der Waals surface area contributed by atoms with Crippen molar-refractivity contribution in [2.75, 3.05) is 0 Å². The molecule has 0 rings (SSSR count). The minimum absolute atomic E-state index is 0. The molecule has 30 valence electrons. The summed E-state index contributed by atoms with van der Waals surface area (Å²) >= 11 is 0. The maximum absolute atomic E-state index is 8.81. The Labute approximate surface area is 29.6 Å². The summed E-state index contributed by atoms with van der Waals surface area (Å²) < 4.78 is 0. The highest BCUT2D eigenvalue weighted by atomic mass is 16.2. The fourth-order valence-corrected chi connectivity index (χ4v) is 0. The van der Waals surface area contributed by atoms with Crippen molar-refractivity contribution < 1.29 is 9.59 Å². The molecule has 0 radical (unpaired) electrons. The number of aldehydes is 2. The number of rotatable bonds is 1. The first-order valence-corrected chi connectivity index (χ1v) is 0.805. The number of hydrogen-bond acceptors (Lipinski definition) is 3. The van der Waals surface area contributed by atoms with E-state index in [1.807, 2.05) is 0 Å². The van der Waals surface area contributed by atoms with Crippen molar-refractivity contribution in [1.82, 2.24) is 6.15 Å². The monoisotopic (exact) mass is 75.0 g/mol. The molecule has 0 aliphatic carbocycles. The first-order valence-electron chi connectivity index (χ1n) is 0.805. The molecule has 3 nitrogen and oxygen atoms in total. The van der Waals surface area contributed by atoms with Crippen LogP contribution in [0.3, 0.4) is 0 Å². The van der Waals surface area contributed by atoms with E-state index in [4.69, 9.17) is 9.59 Å². The van der Waals surface area contributed by atoms with Crippen molar-refractivity contribution in [1.29, 1.82) is 0 Å². The fourth-order valence-electron chi connectivity index (χ4n) is 0.